The monoisotopic (exact) mass is 216 g/mol. The van der Waals surface area contributed by atoms with Crippen molar-refractivity contribution in [3.63, 3.8) is 0 Å². The summed E-state index contributed by atoms with van der Waals surface area (Å²) >= 11 is 0. The van der Waals surface area contributed by atoms with Gasteiger partial charge >= 0.3 is 0 Å². The predicted octanol–water partition coefficient (Wildman–Crippen LogP) is 2.05. The van der Waals surface area contributed by atoms with E-state index >= 15 is 0 Å². The van der Waals surface area contributed by atoms with Gasteiger partial charge in [-0.05, 0) is 30.2 Å². The molecule has 84 valence electrons. The van der Waals surface area contributed by atoms with E-state index in [1.807, 2.05) is 30.6 Å². The standard InChI is InChI=1S/C12H16N4/c1-2-12(10-3-6-13-7-4-10)14-9-11-5-8-15-16-11/h3-8,12,14H,2,9H2,1H3,(H,15,16). The van der Waals surface area contributed by atoms with Gasteiger partial charge < -0.3 is 5.32 Å². The van der Waals surface area contributed by atoms with E-state index in [9.17, 15) is 0 Å². The molecular weight excluding hydrogens is 200 g/mol. The number of H-pyrrole nitrogens is 1. The van der Waals surface area contributed by atoms with Gasteiger partial charge in [-0.3, -0.25) is 10.1 Å². The average molecular weight is 216 g/mol. The Balaban J connectivity index is 1.96. The molecule has 4 heteroatoms. The highest BCUT2D eigenvalue weighted by atomic mass is 15.1. The summed E-state index contributed by atoms with van der Waals surface area (Å²) in [4.78, 5) is 4.03. The fourth-order valence-electron chi connectivity index (χ4n) is 1.71. The Morgan fingerprint density at radius 3 is 2.69 bits per heavy atom. The summed E-state index contributed by atoms with van der Waals surface area (Å²) in [6, 6.07) is 6.44. The molecule has 0 aliphatic carbocycles. The van der Waals surface area contributed by atoms with Crippen LogP contribution in [-0.4, -0.2) is 15.2 Å². The molecule has 2 heterocycles. The molecule has 0 bridgehead atoms. The SMILES string of the molecule is CCC(NCc1ccn[nH]1)c1ccncc1. The van der Waals surface area contributed by atoms with Gasteiger partial charge in [0.1, 0.15) is 0 Å². The normalized spacial score (nSPS) is 12.6. The molecule has 2 N–H and O–H groups in total. The summed E-state index contributed by atoms with van der Waals surface area (Å²) in [5.41, 5.74) is 2.38. The van der Waals surface area contributed by atoms with Gasteiger partial charge in [-0.15, -0.1) is 0 Å². The third kappa shape index (κ3) is 2.67. The number of aromatic amines is 1. The van der Waals surface area contributed by atoms with Gasteiger partial charge in [0.15, 0.2) is 0 Å². The van der Waals surface area contributed by atoms with Crippen molar-refractivity contribution in [2.75, 3.05) is 0 Å². The molecular formula is C12H16N4. The Kier molecular flexibility index (Phi) is 3.66. The Hall–Kier alpha value is -1.68. The molecule has 4 nitrogen and oxygen atoms in total. The zero-order chi connectivity index (χ0) is 11.2. The van der Waals surface area contributed by atoms with Crippen LogP contribution in [0, 0.1) is 0 Å². The van der Waals surface area contributed by atoms with E-state index in [1.54, 1.807) is 6.20 Å². The number of nitrogens with zero attached hydrogens (tertiary/aromatic N) is 2. The number of aromatic nitrogens is 3. The molecule has 0 saturated heterocycles. The van der Waals surface area contributed by atoms with Crippen molar-refractivity contribution in [2.45, 2.75) is 25.9 Å². The van der Waals surface area contributed by atoms with Gasteiger partial charge in [0.2, 0.25) is 0 Å². The van der Waals surface area contributed by atoms with Crippen LogP contribution >= 0.6 is 0 Å². The molecule has 1 unspecified atom stereocenters. The second-order valence-corrected chi connectivity index (χ2v) is 3.70. The number of nitrogens with one attached hydrogen (secondary N) is 2. The highest BCUT2D eigenvalue weighted by Crippen LogP contribution is 2.15. The van der Waals surface area contributed by atoms with Crippen molar-refractivity contribution in [3.8, 4) is 0 Å². The molecule has 2 rings (SSSR count). The van der Waals surface area contributed by atoms with Crippen molar-refractivity contribution < 1.29 is 0 Å². The third-order valence-electron chi connectivity index (χ3n) is 2.61. The summed E-state index contributed by atoms with van der Waals surface area (Å²) in [5.74, 6) is 0. The second kappa shape index (κ2) is 5.42. The van der Waals surface area contributed by atoms with Crippen LogP contribution in [0.15, 0.2) is 36.8 Å². The molecule has 1 atom stereocenters. The minimum atomic E-state index is 0.367. The van der Waals surface area contributed by atoms with Crippen LogP contribution in [0.2, 0.25) is 0 Å². The van der Waals surface area contributed by atoms with Gasteiger partial charge in [0, 0.05) is 36.9 Å². The molecule has 2 aromatic rings. The topological polar surface area (TPSA) is 53.6 Å². The lowest BCUT2D eigenvalue weighted by Gasteiger charge is -2.16. The van der Waals surface area contributed by atoms with Crippen molar-refractivity contribution in [3.05, 3.63) is 48.0 Å². The summed E-state index contributed by atoms with van der Waals surface area (Å²) < 4.78 is 0. The molecule has 0 fully saturated rings. The number of pyridine rings is 1. The largest absolute Gasteiger partial charge is 0.304 e. The molecule has 0 aliphatic rings. The predicted molar refractivity (Wildman–Crippen MR) is 62.7 cm³/mol. The fourth-order valence-corrected chi connectivity index (χ4v) is 1.71. The van der Waals surface area contributed by atoms with E-state index < -0.39 is 0 Å². The number of hydrogen-bond donors (Lipinski definition) is 2. The maximum atomic E-state index is 4.03. The molecule has 2 aromatic heterocycles. The van der Waals surface area contributed by atoms with Crippen molar-refractivity contribution >= 4 is 0 Å². The van der Waals surface area contributed by atoms with Gasteiger partial charge in [-0.25, -0.2) is 0 Å². The smallest absolute Gasteiger partial charge is 0.0490 e. The van der Waals surface area contributed by atoms with Gasteiger partial charge in [-0.1, -0.05) is 6.92 Å². The highest BCUT2D eigenvalue weighted by molar-refractivity contribution is 5.15. The van der Waals surface area contributed by atoms with Gasteiger partial charge in [-0.2, -0.15) is 5.10 Å². The first kappa shape index (κ1) is 10.8. The summed E-state index contributed by atoms with van der Waals surface area (Å²) in [6.07, 6.45) is 6.48. The lowest BCUT2D eigenvalue weighted by molar-refractivity contribution is 0.513. The first-order valence-corrected chi connectivity index (χ1v) is 5.51. The Morgan fingerprint density at radius 1 is 1.25 bits per heavy atom. The summed E-state index contributed by atoms with van der Waals surface area (Å²) in [7, 11) is 0. The van der Waals surface area contributed by atoms with Crippen LogP contribution in [0.3, 0.4) is 0 Å². The van der Waals surface area contributed by atoms with Crippen LogP contribution in [0.4, 0.5) is 0 Å². The first-order valence-electron chi connectivity index (χ1n) is 5.51. The number of hydrogen-bond acceptors (Lipinski definition) is 3. The molecule has 0 radical (unpaired) electrons. The van der Waals surface area contributed by atoms with E-state index in [0.717, 1.165) is 18.7 Å². The summed E-state index contributed by atoms with van der Waals surface area (Å²) in [5, 5.41) is 10.4. The van der Waals surface area contributed by atoms with Crippen LogP contribution < -0.4 is 5.32 Å². The lowest BCUT2D eigenvalue weighted by Crippen LogP contribution is -2.20. The van der Waals surface area contributed by atoms with Crippen LogP contribution in [0.25, 0.3) is 0 Å². The van der Waals surface area contributed by atoms with Gasteiger partial charge in [0.05, 0.1) is 0 Å². The number of rotatable bonds is 5. The Morgan fingerprint density at radius 2 is 2.06 bits per heavy atom. The highest BCUT2D eigenvalue weighted by Gasteiger charge is 2.07. The van der Waals surface area contributed by atoms with E-state index in [1.165, 1.54) is 5.56 Å². The molecule has 0 amide bonds. The minimum absolute atomic E-state index is 0.367. The van der Waals surface area contributed by atoms with E-state index in [-0.39, 0.29) is 0 Å². The molecule has 0 saturated carbocycles. The van der Waals surface area contributed by atoms with E-state index in [4.69, 9.17) is 0 Å². The van der Waals surface area contributed by atoms with Crippen LogP contribution in [0.1, 0.15) is 30.6 Å². The first-order chi connectivity index (χ1) is 7.90. The molecule has 16 heavy (non-hydrogen) atoms. The van der Waals surface area contributed by atoms with E-state index in [2.05, 4.69) is 27.4 Å². The maximum absolute atomic E-state index is 4.03. The fraction of sp³-hybridized carbons (Fsp3) is 0.333. The quantitative estimate of drug-likeness (QED) is 0.804. The third-order valence-corrected chi connectivity index (χ3v) is 2.61. The van der Waals surface area contributed by atoms with Crippen LogP contribution in [-0.2, 0) is 6.54 Å². The minimum Gasteiger partial charge on any atom is -0.304 e. The Labute approximate surface area is 95.1 Å². The molecule has 0 aliphatic heterocycles. The molecule has 0 aromatic carbocycles. The Bertz CT molecular complexity index is 396. The zero-order valence-corrected chi connectivity index (χ0v) is 9.35. The maximum Gasteiger partial charge on any atom is 0.0490 e. The summed E-state index contributed by atoms with van der Waals surface area (Å²) in [6.45, 7) is 2.98. The average Bonchev–Trinajstić information content (AvgIpc) is 2.84. The van der Waals surface area contributed by atoms with Crippen molar-refractivity contribution in [1.29, 1.82) is 0 Å². The zero-order valence-electron chi connectivity index (χ0n) is 9.35. The lowest BCUT2D eigenvalue weighted by atomic mass is 10.1. The van der Waals surface area contributed by atoms with Crippen molar-refractivity contribution in [1.82, 2.24) is 20.5 Å². The van der Waals surface area contributed by atoms with Crippen molar-refractivity contribution in [2.24, 2.45) is 0 Å². The molecule has 0 spiro atoms. The van der Waals surface area contributed by atoms with Crippen LogP contribution in [0.5, 0.6) is 0 Å². The second-order valence-electron chi connectivity index (χ2n) is 3.70. The van der Waals surface area contributed by atoms with E-state index in [0.29, 0.717) is 6.04 Å². The van der Waals surface area contributed by atoms with Gasteiger partial charge in [0.25, 0.3) is 0 Å².